The molecular weight excluding hydrogens is 396 g/mol. The zero-order valence-corrected chi connectivity index (χ0v) is 18.0. The van der Waals surface area contributed by atoms with Gasteiger partial charge in [-0.15, -0.1) is 0 Å². The Kier molecular flexibility index (Phi) is 5.79. The number of piperazine rings is 1. The fourth-order valence-corrected chi connectivity index (χ4v) is 3.99. The van der Waals surface area contributed by atoms with Gasteiger partial charge in [-0.25, -0.2) is 0 Å². The van der Waals surface area contributed by atoms with Crippen LogP contribution in [0.25, 0.3) is 22.2 Å². The van der Waals surface area contributed by atoms with Crippen LogP contribution in [-0.2, 0) is 16.1 Å². The average Bonchev–Trinajstić information content (AvgIpc) is 3.21. The van der Waals surface area contributed by atoms with E-state index in [2.05, 4.69) is 4.98 Å². The van der Waals surface area contributed by atoms with Crippen molar-refractivity contribution in [1.82, 2.24) is 19.4 Å². The summed E-state index contributed by atoms with van der Waals surface area (Å²) in [7, 11) is 3.20. The maximum absolute atomic E-state index is 13.0. The van der Waals surface area contributed by atoms with E-state index >= 15 is 0 Å². The van der Waals surface area contributed by atoms with E-state index in [-0.39, 0.29) is 18.4 Å². The lowest BCUT2D eigenvalue weighted by Crippen LogP contribution is -2.50. The van der Waals surface area contributed by atoms with E-state index in [0.29, 0.717) is 37.7 Å². The fraction of sp³-hybridized carbons (Fsp3) is 0.348. The molecule has 0 saturated carbocycles. The van der Waals surface area contributed by atoms with Gasteiger partial charge in [0.1, 0.15) is 6.54 Å². The highest BCUT2D eigenvalue weighted by Gasteiger charge is 2.23. The van der Waals surface area contributed by atoms with Crippen LogP contribution in [0.3, 0.4) is 0 Å². The molecule has 0 aliphatic carbocycles. The van der Waals surface area contributed by atoms with Gasteiger partial charge in [-0.05, 0) is 30.3 Å². The molecule has 0 atom stereocenters. The Morgan fingerprint density at radius 3 is 2.35 bits per heavy atom. The molecule has 0 N–H and O–H groups in total. The van der Waals surface area contributed by atoms with Crippen LogP contribution in [0.4, 0.5) is 0 Å². The number of pyridine rings is 1. The van der Waals surface area contributed by atoms with Crippen molar-refractivity contribution in [1.29, 1.82) is 0 Å². The van der Waals surface area contributed by atoms with Gasteiger partial charge in [0.05, 0.1) is 25.4 Å². The number of aromatic nitrogens is 2. The summed E-state index contributed by atoms with van der Waals surface area (Å²) in [5.41, 5.74) is 2.55. The molecule has 1 saturated heterocycles. The Morgan fingerprint density at radius 1 is 0.968 bits per heavy atom. The normalized spacial score (nSPS) is 14.0. The number of carbonyl (C=O) groups is 2. The van der Waals surface area contributed by atoms with Crippen LogP contribution < -0.4 is 9.47 Å². The molecule has 31 heavy (non-hydrogen) atoms. The summed E-state index contributed by atoms with van der Waals surface area (Å²) >= 11 is 0. The summed E-state index contributed by atoms with van der Waals surface area (Å²) in [6, 6.07) is 9.60. The quantitative estimate of drug-likeness (QED) is 0.631. The van der Waals surface area contributed by atoms with Crippen molar-refractivity contribution in [2.45, 2.75) is 13.5 Å². The molecule has 1 aliphatic rings. The topological polar surface area (TPSA) is 76.9 Å². The van der Waals surface area contributed by atoms with Crippen LogP contribution in [0.15, 0.2) is 42.7 Å². The van der Waals surface area contributed by atoms with Gasteiger partial charge in [0.2, 0.25) is 11.8 Å². The van der Waals surface area contributed by atoms with E-state index in [1.54, 1.807) is 32.2 Å². The zero-order chi connectivity index (χ0) is 22.0. The van der Waals surface area contributed by atoms with Crippen molar-refractivity contribution in [3.63, 3.8) is 0 Å². The third-order valence-corrected chi connectivity index (χ3v) is 5.72. The van der Waals surface area contributed by atoms with Crippen LogP contribution in [0.2, 0.25) is 0 Å². The first-order chi connectivity index (χ1) is 15.0. The highest BCUT2D eigenvalue weighted by Crippen LogP contribution is 2.34. The van der Waals surface area contributed by atoms with Gasteiger partial charge in [-0.1, -0.05) is 0 Å². The fourth-order valence-electron chi connectivity index (χ4n) is 3.99. The predicted octanol–water partition coefficient (Wildman–Crippen LogP) is 2.41. The lowest BCUT2D eigenvalue weighted by atomic mass is 10.1. The maximum Gasteiger partial charge on any atom is 0.242 e. The summed E-state index contributed by atoms with van der Waals surface area (Å²) in [4.78, 5) is 32.7. The number of amides is 2. The number of fused-ring (bicyclic) bond motifs is 1. The van der Waals surface area contributed by atoms with E-state index in [1.807, 2.05) is 46.0 Å². The van der Waals surface area contributed by atoms with Gasteiger partial charge in [0.15, 0.2) is 11.5 Å². The van der Waals surface area contributed by atoms with Crippen molar-refractivity contribution < 1.29 is 19.1 Å². The Bertz CT molecular complexity index is 1120. The van der Waals surface area contributed by atoms with Gasteiger partial charge in [0, 0.05) is 56.4 Å². The van der Waals surface area contributed by atoms with Crippen molar-refractivity contribution in [3.05, 3.63) is 42.7 Å². The van der Waals surface area contributed by atoms with Gasteiger partial charge < -0.3 is 23.8 Å². The second kappa shape index (κ2) is 8.67. The molecule has 3 heterocycles. The molecule has 0 spiro atoms. The summed E-state index contributed by atoms with van der Waals surface area (Å²) in [6.45, 7) is 4.04. The minimum absolute atomic E-state index is 0.0304. The maximum atomic E-state index is 13.0. The van der Waals surface area contributed by atoms with Crippen molar-refractivity contribution in [2.75, 3.05) is 40.4 Å². The van der Waals surface area contributed by atoms with Gasteiger partial charge in [0.25, 0.3) is 0 Å². The summed E-state index contributed by atoms with van der Waals surface area (Å²) in [6.07, 6.45) is 3.68. The Morgan fingerprint density at radius 2 is 1.68 bits per heavy atom. The molecule has 8 nitrogen and oxygen atoms in total. The Labute approximate surface area is 181 Å². The van der Waals surface area contributed by atoms with Gasteiger partial charge in [-0.2, -0.15) is 0 Å². The first-order valence-corrected chi connectivity index (χ1v) is 10.2. The monoisotopic (exact) mass is 422 g/mol. The van der Waals surface area contributed by atoms with E-state index < -0.39 is 0 Å². The molecule has 162 valence electrons. The number of carbonyl (C=O) groups excluding carboxylic acids is 2. The molecule has 2 aromatic heterocycles. The first-order valence-electron chi connectivity index (χ1n) is 10.2. The summed E-state index contributed by atoms with van der Waals surface area (Å²) in [5.74, 6) is 1.35. The van der Waals surface area contributed by atoms with E-state index in [9.17, 15) is 9.59 Å². The lowest BCUT2D eigenvalue weighted by Gasteiger charge is -2.34. The Balaban J connectivity index is 1.62. The SMILES string of the molecule is COc1ccc(-c2nccc3ccn(CC(=O)N4CCN(C(C)=O)CC4)c23)cc1OC. The number of methoxy groups -OCH3 is 2. The highest BCUT2D eigenvalue weighted by molar-refractivity contribution is 5.94. The minimum Gasteiger partial charge on any atom is -0.493 e. The van der Waals surface area contributed by atoms with Crippen LogP contribution in [-0.4, -0.2) is 71.6 Å². The highest BCUT2D eigenvalue weighted by atomic mass is 16.5. The standard InChI is InChI=1S/C23H26N4O4/c1-16(28)25-10-12-26(13-11-25)21(29)15-27-9-7-17-6-8-24-22(23(17)27)18-4-5-19(30-2)20(14-18)31-3/h4-9,14H,10-13,15H2,1-3H3. The number of nitrogens with zero attached hydrogens (tertiary/aromatic N) is 4. The molecule has 0 radical (unpaired) electrons. The molecule has 0 bridgehead atoms. The Hall–Kier alpha value is -3.55. The second-order valence-electron chi connectivity index (χ2n) is 7.50. The number of ether oxygens (including phenoxy) is 2. The molecule has 8 heteroatoms. The number of benzene rings is 1. The third kappa shape index (κ3) is 4.05. The smallest absolute Gasteiger partial charge is 0.242 e. The van der Waals surface area contributed by atoms with Gasteiger partial charge >= 0.3 is 0 Å². The summed E-state index contributed by atoms with van der Waals surface area (Å²) in [5, 5.41) is 1.01. The largest absolute Gasteiger partial charge is 0.493 e. The minimum atomic E-state index is 0.0304. The molecule has 1 aromatic carbocycles. The summed E-state index contributed by atoms with van der Waals surface area (Å²) < 4.78 is 12.7. The van der Waals surface area contributed by atoms with Crippen LogP contribution in [0.5, 0.6) is 11.5 Å². The average molecular weight is 422 g/mol. The van der Waals surface area contributed by atoms with Gasteiger partial charge in [-0.3, -0.25) is 14.6 Å². The number of hydrogen-bond acceptors (Lipinski definition) is 5. The van der Waals surface area contributed by atoms with Crippen LogP contribution in [0.1, 0.15) is 6.92 Å². The van der Waals surface area contributed by atoms with Crippen LogP contribution in [0, 0.1) is 0 Å². The van der Waals surface area contributed by atoms with Crippen molar-refractivity contribution >= 4 is 22.7 Å². The molecule has 3 aromatic rings. The molecule has 1 fully saturated rings. The second-order valence-corrected chi connectivity index (χ2v) is 7.50. The molecule has 0 unspecified atom stereocenters. The molecular formula is C23H26N4O4. The van der Waals surface area contributed by atoms with Crippen molar-refractivity contribution in [2.24, 2.45) is 0 Å². The van der Waals surface area contributed by atoms with E-state index in [4.69, 9.17) is 9.47 Å². The zero-order valence-electron chi connectivity index (χ0n) is 18.0. The van der Waals surface area contributed by atoms with Crippen molar-refractivity contribution in [3.8, 4) is 22.8 Å². The molecule has 2 amide bonds. The lowest BCUT2D eigenvalue weighted by molar-refractivity contribution is -0.138. The van der Waals surface area contributed by atoms with E-state index in [0.717, 1.165) is 22.2 Å². The number of hydrogen-bond donors (Lipinski definition) is 0. The number of rotatable bonds is 5. The first kappa shape index (κ1) is 20.7. The van der Waals surface area contributed by atoms with Crippen LogP contribution >= 0.6 is 0 Å². The third-order valence-electron chi connectivity index (χ3n) is 5.72. The molecule has 1 aliphatic heterocycles. The molecule has 4 rings (SSSR count). The predicted molar refractivity (Wildman–Crippen MR) is 117 cm³/mol. The van der Waals surface area contributed by atoms with E-state index in [1.165, 1.54) is 0 Å².